The van der Waals surface area contributed by atoms with E-state index in [4.69, 9.17) is 21.4 Å². The molecule has 1 saturated heterocycles. The molecule has 1 amide bonds. The molecule has 0 saturated carbocycles. The van der Waals surface area contributed by atoms with E-state index in [2.05, 4.69) is 10.2 Å². The third kappa shape index (κ3) is 6.69. The van der Waals surface area contributed by atoms with Gasteiger partial charge >= 0.3 is 0 Å². The number of halogens is 1. The summed E-state index contributed by atoms with van der Waals surface area (Å²) in [7, 11) is 1.66. The van der Waals surface area contributed by atoms with E-state index in [0.29, 0.717) is 49.5 Å². The van der Waals surface area contributed by atoms with Crippen LogP contribution in [0.4, 0.5) is 0 Å². The predicted molar refractivity (Wildman–Crippen MR) is 139 cm³/mol. The van der Waals surface area contributed by atoms with E-state index in [9.17, 15) is 9.59 Å². The Morgan fingerprint density at radius 3 is 2.71 bits per heavy atom. The molecule has 2 heterocycles. The normalized spacial score (nSPS) is 16.1. The van der Waals surface area contributed by atoms with Gasteiger partial charge in [-0.15, -0.1) is 0 Å². The van der Waals surface area contributed by atoms with Crippen molar-refractivity contribution in [3.05, 3.63) is 75.2 Å². The quantitative estimate of drug-likeness (QED) is 0.410. The first-order valence-electron chi connectivity index (χ1n) is 12.3. The average molecular weight is 497 g/mol. The van der Waals surface area contributed by atoms with Gasteiger partial charge in [-0.3, -0.25) is 14.5 Å². The van der Waals surface area contributed by atoms with E-state index in [0.717, 1.165) is 42.5 Å². The molecule has 0 radical (unpaired) electrons. The molecule has 2 aromatic carbocycles. The first-order chi connectivity index (χ1) is 17.0. The van der Waals surface area contributed by atoms with Crippen LogP contribution in [-0.4, -0.2) is 60.0 Å². The summed E-state index contributed by atoms with van der Waals surface area (Å²) in [5.74, 6) is 0.0537. The molecule has 0 spiro atoms. The van der Waals surface area contributed by atoms with Crippen LogP contribution in [-0.2, 0) is 22.5 Å². The Morgan fingerprint density at radius 2 is 1.94 bits per heavy atom. The third-order valence-electron chi connectivity index (χ3n) is 6.59. The number of methoxy groups -OCH3 is 1. The Balaban J connectivity index is 1.48. The average Bonchev–Trinajstić information content (AvgIpc) is 3.31. The topological polar surface area (TPSA) is 76.5 Å². The van der Waals surface area contributed by atoms with Crippen molar-refractivity contribution < 1.29 is 9.53 Å². The molecule has 7 nitrogen and oxygen atoms in total. The largest absolute Gasteiger partial charge is 0.385 e. The number of nitrogens with one attached hydrogen (secondary N) is 1. The van der Waals surface area contributed by atoms with Crippen molar-refractivity contribution in [2.45, 2.75) is 44.7 Å². The van der Waals surface area contributed by atoms with Crippen molar-refractivity contribution in [2.24, 2.45) is 0 Å². The van der Waals surface area contributed by atoms with Crippen LogP contribution in [0.2, 0.25) is 5.02 Å². The van der Waals surface area contributed by atoms with Crippen LogP contribution in [0.1, 0.15) is 36.9 Å². The minimum atomic E-state index is -0.0665. The number of ether oxygens (including phenoxy) is 1. The number of aromatic nitrogens is 2. The molecule has 186 valence electrons. The van der Waals surface area contributed by atoms with Gasteiger partial charge in [0.15, 0.2) is 0 Å². The zero-order chi connectivity index (χ0) is 24.6. The van der Waals surface area contributed by atoms with E-state index in [1.165, 1.54) is 0 Å². The first kappa shape index (κ1) is 25.4. The molecule has 3 aromatic rings. The molecule has 0 aliphatic carbocycles. The SMILES string of the molecule is COCCCNC(=O)CCN1CCCC1Cn1nc(Cc2ccc(Cl)cc2)c2ccccc2c1=O. The van der Waals surface area contributed by atoms with Crippen molar-refractivity contribution >= 4 is 28.3 Å². The van der Waals surface area contributed by atoms with Gasteiger partial charge in [-0.05, 0) is 49.6 Å². The fourth-order valence-electron chi connectivity index (χ4n) is 4.73. The second-order valence-electron chi connectivity index (χ2n) is 9.06. The molecule has 4 rings (SSSR count). The lowest BCUT2D eigenvalue weighted by Gasteiger charge is -2.25. The van der Waals surface area contributed by atoms with Crippen molar-refractivity contribution in [3.8, 4) is 0 Å². The Hall–Kier alpha value is -2.74. The molecule has 1 aliphatic rings. The number of rotatable bonds is 11. The maximum atomic E-state index is 13.3. The summed E-state index contributed by atoms with van der Waals surface area (Å²) >= 11 is 6.05. The molecule has 35 heavy (non-hydrogen) atoms. The number of amides is 1. The summed E-state index contributed by atoms with van der Waals surface area (Å²) in [5, 5.41) is 10.0. The lowest BCUT2D eigenvalue weighted by atomic mass is 10.0. The molecule has 8 heteroatoms. The Bertz CT molecular complexity index is 1200. The van der Waals surface area contributed by atoms with Gasteiger partial charge in [0, 0.05) is 56.1 Å². The number of fused-ring (bicyclic) bond motifs is 1. The van der Waals surface area contributed by atoms with E-state index in [-0.39, 0.29) is 17.5 Å². The molecule has 1 atom stereocenters. The third-order valence-corrected chi connectivity index (χ3v) is 6.84. The molecule has 1 aliphatic heterocycles. The highest BCUT2D eigenvalue weighted by atomic mass is 35.5. The highest BCUT2D eigenvalue weighted by Crippen LogP contribution is 2.21. The summed E-state index contributed by atoms with van der Waals surface area (Å²) in [6, 6.07) is 15.6. The van der Waals surface area contributed by atoms with Crippen LogP contribution in [0.3, 0.4) is 0 Å². The standard InChI is InChI=1S/C27H33ClN4O3/c1-35-17-5-14-29-26(33)13-16-31-15-4-6-22(31)19-32-27(34)24-8-3-2-7-23(24)25(30-32)18-20-9-11-21(28)12-10-20/h2-3,7-12,22H,4-6,13-19H2,1H3,(H,29,33). The van der Waals surface area contributed by atoms with Gasteiger partial charge in [-0.25, -0.2) is 4.68 Å². The van der Waals surface area contributed by atoms with Gasteiger partial charge in [-0.2, -0.15) is 5.10 Å². The second-order valence-corrected chi connectivity index (χ2v) is 9.50. The van der Waals surface area contributed by atoms with Crippen molar-refractivity contribution in [2.75, 3.05) is 33.4 Å². The maximum absolute atomic E-state index is 13.3. The van der Waals surface area contributed by atoms with E-state index >= 15 is 0 Å². The number of hydrogen-bond acceptors (Lipinski definition) is 5. The summed E-state index contributed by atoms with van der Waals surface area (Å²) in [4.78, 5) is 27.8. The summed E-state index contributed by atoms with van der Waals surface area (Å²) in [6.45, 7) is 3.40. The van der Waals surface area contributed by atoms with Gasteiger partial charge in [-0.1, -0.05) is 41.9 Å². The van der Waals surface area contributed by atoms with Crippen LogP contribution in [0, 0.1) is 0 Å². The van der Waals surface area contributed by atoms with Crippen LogP contribution < -0.4 is 10.9 Å². The molecule has 1 fully saturated rings. The fourth-order valence-corrected chi connectivity index (χ4v) is 4.85. The molecular formula is C27H33ClN4O3. The number of nitrogens with zero attached hydrogens (tertiary/aromatic N) is 3. The summed E-state index contributed by atoms with van der Waals surface area (Å²) in [6.07, 6.45) is 3.92. The number of carbonyl (C=O) groups excluding carboxylic acids is 1. The van der Waals surface area contributed by atoms with E-state index in [1.807, 2.05) is 48.5 Å². The molecule has 1 N–H and O–H groups in total. The van der Waals surface area contributed by atoms with Gasteiger partial charge in [0.1, 0.15) is 0 Å². The van der Waals surface area contributed by atoms with Gasteiger partial charge in [0.25, 0.3) is 5.56 Å². The Labute approximate surface area is 211 Å². The minimum Gasteiger partial charge on any atom is -0.385 e. The Kier molecular flexibility index (Phi) is 8.90. The lowest BCUT2D eigenvalue weighted by Crippen LogP contribution is -2.39. The van der Waals surface area contributed by atoms with Crippen LogP contribution in [0.15, 0.2) is 53.3 Å². The van der Waals surface area contributed by atoms with E-state index in [1.54, 1.807) is 11.8 Å². The molecule has 1 unspecified atom stereocenters. The molecular weight excluding hydrogens is 464 g/mol. The highest BCUT2D eigenvalue weighted by Gasteiger charge is 2.26. The van der Waals surface area contributed by atoms with Crippen molar-refractivity contribution in [1.82, 2.24) is 20.0 Å². The number of carbonyl (C=O) groups is 1. The minimum absolute atomic E-state index is 0.0537. The van der Waals surface area contributed by atoms with Gasteiger partial charge in [0.05, 0.1) is 17.6 Å². The van der Waals surface area contributed by atoms with Crippen molar-refractivity contribution in [1.29, 1.82) is 0 Å². The molecule has 1 aromatic heterocycles. The number of likely N-dealkylation sites (tertiary alicyclic amines) is 1. The summed E-state index contributed by atoms with van der Waals surface area (Å²) in [5.41, 5.74) is 1.90. The second kappa shape index (κ2) is 12.3. The number of hydrogen-bond donors (Lipinski definition) is 1. The Morgan fingerprint density at radius 1 is 1.17 bits per heavy atom. The number of benzene rings is 2. The smallest absolute Gasteiger partial charge is 0.274 e. The summed E-state index contributed by atoms with van der Waals surface area (Å²) < 4.78 is 6.65. The predicted octanol–water partition coefficient (Wildman–Crippen LogP) is 3.65. The first-order valence-corrected chi connectivity index (χ1v) is 12.7. The van der Waals surface area contributed by atoms with Crippen LogP contribution in [0.5, 0.6) is 0 Å². The zero-order valence-electron chi connectivity index (χ0n) is 20.2. The van der Waals surface area contributed by atoms with Crippen molar-refractivity contribution in [3.63, 3.8) is 0 Å². The van der Waals surface area contributed by atoms with Crippen LogP contribution >= 0.6 is 11.6 Å². The van der Waals surface area contributed by atoms with Crippen LogP contribution in [0.25, 0.3) is 10.8 Å². The highest BCUT2D eigenvalue weighted by molar-refractivity contribution is 6.30. The van der Waals surface area contributed by atoms with Gasteiger partial charge < -0.3 is 10.1 Å². The maximum Gasteiger partial charge on any atom is 0.274 e. The fraction of sp³-hybridized carbons (Fsp3) is 0.444. The zero-order valence-corrected chi connectivity index (χ0v) is 21.0. The molecule has 0 bridgehead atoms. The lowest BCUT2D eigenvalue weighted by molar-refractivity contribution is -0.121. The van der Waals surface area contributed by atoms with E-state index < -0.39 is 0 Å². The monoisotopic (exact) mass is 496 g/mol. The van der Waals surface area contributed by atoms with Gasteiger partial charge in [0.2, 0.25) is 5.91 Å².